The Kier molecular flexibility index (Phi) is 9.90. The number of nitrogens with zero attached hydrogens (tertiary/aromatic N) is 4. The zero-order valence-corrected chi connectivity index (χ0v) is 26.7. The van der Waals surface area contributed by atoms with Crippen LogP contribution >= 0.6 is 0 Å². The minimum atomic E-state index is -0.773. The molecule has 0 bridgehead atoms. The van der Waals surface area contributed by atoms with Crippen molar-refractivity contribution in [2.75, 3.05) is 56.7 Å². The van der Waals surface area contributed by atoms with Gasteiger partial charge >= 0.3 is 0 Å². The molecule has 1 aliphatic rings. The highest BCUT2D eigenvalue weighted by molar-refractivity contribution is 6.04. The molecular formula is C36H34F3N7O3. The fourth-order valence-electron chi connectivity index (χ4n) is 5.71. The predicted octanol–water partition coefficient (Wildman–Crippen LogP) is 4.91. The molecule has 3 N–H and O–H groups in total. The number of anilines is 2. The van der Waals surface area contributed by atoms with Gasteiger partial charge in [0, 0.05) is 56.7 Å². The lowest BCUT2D eigenvalue weighted by Crippen LogP contribution is -2.45. The molecular weight excluding hydrogens is 635 g/mol. The van der Waals surface area contributed by atoms with Gasteiger partial charge in [0.15, 0.2) is 0 Å². The molecule has 0 atom stereocenters. The molecule has 1 fully saturated rings. The number of carbonyl (C=O) groups is 3. The van der Waals surface area contributed by atoms with Crippen molar-refractivity contribution < 1.29 is 27.6 Å². The minimum Gasteiger partial charge on any atom is -0.369 e. The Morgan fingerprint density at radius 3 is 2.37 bits per heavy atom. The van der Waals surface area contributed by atoms with Gasteiger partial charge in [-0.25, -0.2) is 18.2 Å². The highest BCUT2D eigenvalue weighted by Gasteiger charge is 2.20. The molecule has 3 aromatic carbocycles. The fraction of sp³-hybridized carbons (Fsp3) is 0.222. The predicted molar refractivity (Wildman–Crippen MR) is 181 cm³/mol. The van der Waals surface area contributed by atoms with Crippen molar-refractivity contribution >= 4 is 34.7 Å². The van der Waals surface area contributed by atoms with Crippen LogP contribution in [0.5, 0.6) is 0 Å². The van der Waals surface area contributed by atoms with Crippen LogP contribution < -0.4 is 20.9 Å². The maximum atomic E-state index is 14.8. The highest BCUT2D eigenvalue weighted by Crippen LogP contribution is 2.25. The van der Waals surface area contributed by atoms with E-state index in [0.717, 1.165) is 43.5 Å². The SMILES string of the molecule is CN1CCN(c2ccccc2CNC(=O)c2ccc(F)c(NC(=O)c3cnc4cc(-c5ccc(C(=O)NCCF)c(F)c5)ccn34)c2)CC1. The summed E-state index contributed by atoms with van der Waals surface area (Å²) in [6, 6.07) is 19.0. The summed E-state index contributed by atoms with van der Waals surface area (Å²) in [5, 5.41) is 7.74. The topological polar surface area (TPSA) is 111 Å². The number of imidazole rings is 1. The monoisotopic (exact) mass is 669 g/mol. The molecule has 0 radical (unpaired) electrons. The van der Waals surface area contributed by atoms with Gasteiger partial charge in [0.2, 0.25) is 0 Å². The maximum absolute atomic E-state index is 14.8. The summed E-state index contributed by atoms with van der Waals surface area (Å²) in [4.78, 5) is 47.3. The second-order valence-corrected chi connectivity index (χ2v) is 11.7. The molecule has 3 amide bonds. The number of alkyl halides is 1. The largest absolute Gasteiger partial charge is 0.369 e. The summed E-state index contributed by atoms with van der Waals surface area (Å²) < 4.78 is 43.4. The quantitative estimate of drug-likeness (QED) is 0.195. The molecule has 3 heterocycles. The van der Waals surface area contributed by atoms with Gasteiger partial charge in [-0.3, -0.25) is 18.8 Å². The van der Waals surface area contributed by atoms with Crippen molar-refractivity contribution in [3.8, 4) is 11.1 Å². The van der Waals surface area contributed by atoms with E-state index in [1.54, 1.807) is 24.4 Å². The van der Waals surface area contributed by atoms with E-state index in [2.05, 4.69) is 37.8 Å². The lowest BCUT2D eigenvalue weighted by atomic mass is 10.0. The van der Waals surface area contributed by atoms with Crippen molar-refractivity contribution in [2.45, 2.75) is 6.54 Å². The van der Waals surface area contributed by atoms with Crippen molar-refractivity contribution in [3.63, 3.8) is 0 Å². The number of rotatable bonds is 10. The number of nitrogens with one attached hydrogen (secondary N) is 3. The van der Waals surface area contributed by atoms with E-state index in [1.807, 2.05) is 24.3 Å². The number of piperazine rings is 1. The van der Waals surface area contributed by atoms with E-state index >= 15 is 0 Å². The first-order valence-electron chi connectivity index (χ1n) is 15.7. The van der Waals surface area contributed by atoms with Crippen molar-refractivity contribution in [2.24, 2.45) is 0 Å². The van der Waals surface area contributed by atoms with Gasteiger partial charge in [-0.2, -0.15) is 0 Å². The first-order chi connectivity index (χ1) is 23.7. The fourth-order valence-corrected chi connectivity index (χ4v) is 5.71. The Balaban J connectivity index is 1.13. The average Bonchev–Trinajstić information content (AvgIpc) is 3.54. The Morgan fingerprint density at radius 2 is 1.59 bits per heavy atom. The molecule has 1 aliphatic heterocycles. The van der Waals surface area contributed by atoms with Gasteiger partial charge in [-0.1, -0.05) is 24.3 Å². The van der Waals surface area contributed by atoms with Crippen LogP contribution in [0.15, 0.2) is 85.2 Å². The van der Waals surface area contributed by atoms with E-state index in [9.17, 15) is 27.6 Å². The van der Waals surface area contributed by atoms with Gasteiger partial charge in [0.25, 0.3) is 17.7 Å². The van der Waals surface area contributed by atoms with E-state index in [4.69, 9.17) is 0 Å². The second-order valence-electron chi connectivity index (χ2n) is 11.7. The van der Waals surface area contributed by atoms with Crippen LogP contribution in [-0.4, -0.2) is 78.5 Å². The summed E-state index contributed by atoms with van der Waals surface area (Å²) in [6.45, 7) is 2.96. The van der Waals surface area contributed by atoms with Crippen LogP contribution in [0.1, 0.15) is 36.8 Å². The minimum absolute atomic E-state index is 0.0994. The number of likely N-dealkylation sites (N-methyl/N-ethyl adjacent to an activating group) is 1. The number of fused-ring (bicyclic) bond motifs is 1. The first-order valence-corrected chi connectivity index (χ1v) is 15.7. The van der Waals surface area contributed by atoms with Crippen LogP contribution in [0, 0.1) is 11.6 Å². The van der Waals surface area contributed by atoms with Gasteiger partial charge < -0.3 is 25.8 Å². The number of para-hydroxylation sites is 1. The molecule has 0 unspecified atom stereocenters. The smallest absolute Gasteiger partial charge is 0.274 e. The normalized spacial score (nSPS) is 13.3. The van der Waals surface area contributed by atoms with Crippen molar-refractivity contribution in [1.29, 1.82) is 0 Å². The Bertz CT molecular complexity index is 2020. The average molecular weight is 670 g/mol. The maximum Gasteiger partial charge on any atom is 0.274 e. The van der Waals surface area contributed by atoms with Crippen molar-refractivity contribution in [3.05, 3.63) is 119 Å². The summed E-state index contributed by atoms with van der Waals surface area (Å²) >= 11 is 0. The van der Waals surface area contributed by atoms with Gasteiger partial charge in [0.1, 0.15) is 29.7 Å². The second kappa shape index (κ2) is 14.6. The number of aromatic nitrogens is 2. The number of benzene rings is 3. The third-order valence-corrected chi connectivity index (χ3v) is 8.42. The van der Waals surface area contributed by atoms with Gasteiger partial charge in [0.05, 0.1) is 17.4 Å². The van der Waals surface area contributed by atoms with Crippen LogP contribution in [0.4, 0.5) is 24.5 Å². The molecule has 0 spiro atoms. The van der Waals surface area contributed by atoms with E-state index < -0.39 is 36.0 Å². The molecule has 10 nitrogen and oxygen atoms in total. The molecule has 0 saturated carbocycles. The Labute approximate surface area is 280 Å². The summed E-state index contributed by atoms with van der Waals surface area (Å²) in [7, 11) is 2.09. The summed E-state index contributed by atoms with van der Waals surface area (Å²) in [5.41, 5.74) is 3.30. The first kappa shape index (κ1) is 33.2. The lowest BCUT2D eigenvalue weighted by molar-refractivity contribution is 0.0940. The molecule has 49 heavy (non-hydrogen) atoms. The number of amides is 3. The third-order valence-electron chi connectivity index (χ3n) is 8.42. The molecule has 6 rings (SSSR count). The number of hydrogen-bond donors (Lipinski definition) is 3. The Morgan fingerprint density at radius 1 is 0.816 bits per heavy atom. The zero-order valence-electron chi connectivity index (χ0n) is 26.7. The number of carbonyl (C=O) groups excluding carboxylic acids is 3. The Hall–Kier alpha value is -5.69. The van der Waals surface area contributed by atoms with E-state index in [-0.39, 0.29) is 35.6 Å². The summed E-state index contributed by atoms with van der Waals surface area (Å²) in [5.74, 6) is -3.29. The van der Waals surface area contributed by atoms with Crippen LogP contribution in [0.2, 0.25) is 0 Å². The zero-order chi connectivity index (χ0) is 34.5. The molecule has 1 saturated heterocycles. The standard InChI is InChI=1S/C36H34F3N7O3/c1-44-14-16-45(17-15-44)31-5-3-2-4-26(31)21-42-34(47)25-7-9-28(38)30(19-25)43-36(49)32-22-41-33-20-24(10-13-46(32)33)23-6-8-27(29(39)18-23)35(48)40-12-11-37/h2-10,13,18-20,22H,11-12,14-17,21H2,1H3,(H,40,48)(H,42,47)(H,43,49). The van der Waals surface area contributed by atoms with Crippen LogP contribution in [-0.2, 0) is 6.54 Å². The molecule has 252 valence electrons. The highest BCUT2D eigenvalue weighted by atomic mass is 19.1. The number of halogens is 3. The molecule has 2 aromatic heterocycles. The summed E-state index contributed by atoms with van der Waals surface area (Å²) in [6.07, 6.45) is 2.88. The molecule has 0 aliphatic carbocycles. The number of hydrogen-bond acceptors (Lipinski definition) is 6. The van der Waals surface area contributed by atoms with Crippen molar-refractivity contribution in [1.82, 2.24) is 24.9 Å². The lowest BCUT2D eigenvalue weighted by Gasteiger charge is -2.35. The van der Waals surface area contributed by atoms with Crippen LogP contribution in [0.3, 0.4) is 0 Å². The van der Waals surface area contributed by atoms with Gasteiger partial charge in [-0.05, 0) is 72.3 Å². The van der Waals surface area contributed by atoms with E-state index in [0.29, 0.717) is 16.8 Å². The van der Waals surface area contributed by atoms with Crippen LogP contribution in [0.25, 0.3) is 16.8 Å². The third kappa shape index (κ3) is 7.41. The van der Waals surface area contributed by atoms with Gasteiger partial charge in [-0.15, -0.1) is 0 Å². The number of pyridine rings is 1. The molecule has 5 aromatic rings. The van der Waals surface area contributed by atoms with E-state index in [1.165, 1.54) is 34.9 Å². The molecule has 13 heteroatoms.